The molecule has 9 heteroatoms. The molecule has 8 nitrogen and oxygen atoms in total. The molecular formula is C17H20N6O2S. The van der Waals surface area contributed by atoms with Gasteiger partial charge in [-0.05, 0) is 24.6 Å². The van der Waals surface area contributed by atoms with Crippen molar-refractivity contribution in [2.45, 2.75) is 17.4 Å². The number of aromatic amines is 1. The van der Waals surface area contributed by atoms with Gasteiger partial charge in [0.1, 0.15) is 23.6 Å². The van der Waals surface area contributed by atoms with Crippen molar-refractivity contribution in [1.82, 2.24) is 19.9 Å². The second-order valence-corrected chi connectivity index (χ2v) is 8.58. The monoisotopic (exact) mass is 372 g/mol. The number of sulfone groups is 1. The summed E-state index contributed by atoms with van der Waals surface area (Å²) >= 11 is 0. The van der Waals surface area contributed by atoms with Gasteiger partial charge in [0.05, 0.1) is 10.3 Å². The average Bonchev–Trinajstić information content (AvgIpc) is 3.29. The van der Waals surface area contributed by atoms with E-state index in [-0.39, 0.29) is 10.9 Å². The van der Waals surface area contributed by atoms with Crippen LogP contribution in [0.1, 0.15) is 6.42 Å². The Morgan fingerprint density at radius 3 is 2.81 bits per heavy atom. The fourth-order valence-electron chi connectivity index (χ4n) is 3.35. The zero-order valence-electron chi connectivity index (χ0n) is 14.6. The molecular weight excluding hydrogens is 352 g/mol. The first-order chi connectivity index (χ1) is 12.4. The summed E-state index contributed by atoms with van der Waals surface area (Å²) in [6.07, 6.45) is 7.03. The number of nitrogens with zero attached hydrogens (tertiary/aromatic N) is 5. The lowest BCUT2D eigenvalue weighted by molar-refractivity contribution is 0.601. The Kier molecular flexibility index (Phi) is 4.03. The van der Waals surface area contributed by atoms with Crippen LogP contribution >= 0.6 is 0 Å². The number of anilines is 2. The largest absolute Gasteiger partial charge is 0.355 e. The lowest BCUT2D eigenvalue weighted by atomic mass is 10.2. The van der Waals surface area contributed by atoms with Crippen molar-refractivity contribution in [3.63, 3.8) is 0 Å². The third-order valence-electron chi connectivity index (χ3n) is 4.85. The highest BCUT2D eigenvalue weighted by molar-refractivity contribution is 7.90. The topological polar surface area (TPSA) is 95.1 Å². The number of nitrogens with one attached hydrogen (secondary N) is 1. The van der Waals surface area contributed by atoms with Crippen molar-refractivity contribution in [2.24, 2.45) is 0 Å². The van der Waals surface area contributed by atoms with Crippen molar-refractivity contribution in [3.05, 3.63) is 36.9 Å². The number of likely N-dealkylation sites (N-methyl/N-ethyl adjacent to an activating group) is 1. The van der Waals surface area contributed by atoms with Crippen molar-refractivity contribution >= 4 is 32.5 Å². The van der Waals surface area contributed by atoms with E-state index in [4.69, 9.17) is 0 Å². The minimum atomic E-state index is -3.23. The molecule has 26 heavy (non-hydrogen) atoms. The molecule has 0 radical (unpaired) electrons. The van der Waals surface area contributed by atoms with E-state index in [1.807, 2.05) is 19.3 Å². The number of hydrogen-bond acceptors (Lipinski definition) is 7. The summed E-state index contributed by atoms with van der Waals surface area (Å²) in [6, 6.07) is 5.63. The number of pyridine rings is 1. The normalized spacial score (nSPS) is 17.8. The van der Waals surface area contributed by atoms with E-state index in [0.717, 1.165) is 42.2 Å². The van der Waals surface area contributed by atoms with Gasteiger partial charge >= 0.3 is 0 Å². The van der Waals surface area contributed by atoms with Crippen molar-refractivity contribution < 1.29 is 8.42 Å². The summed E-state index contributed by atoms with van der Waals surface area (Å²) in [6.45, 7) is 1.72. The van der Waals surface area contributed by atoms with E-state index in [9.17, 15) is 8.42 Å². The molecule has 0 spiro atoms. The van der Waals surface area contributed by atoms with E-state index < -0.39 is 9.84 Å². The van der Waals surface area contributed by atoms with Crippen LogP contribution in [0, 0.1) is 0 Å². The number of rotatable bonds is 4. The first kappa shape index (κ1) is 16.8. The summed E-state index contributed by atoms with van der Waals surface area (Å²) in [5.74, 6) is 1.70. The molecule has 1 aliphatic heterocycles. The molecule has 4 rings (SSSR count). The molecule has 0 aromatic carbocycles. The van der Waals surface area contributed by atoms with Gasteiger partial charge in [0.2, 0.25) is 0 Å². The summed E-state index contributed by atoms with van der Waals surface area (Å²) in [7, 11) is -1.24. The van der Waals surface area contributed by atoms with Crippen LogP contribution in [0.15, 0.2) is 41.8 Å². The van der Waals surface area contributed by atoms with E-state index in [2.05, 4.69) is 29.7 Å². The van der Waals surface area contributed by atoms with Crippen LogP contribution in [0.2, 0.25) is 0 Å². The van der Waals surface area contributed by atoms with Crippen LogP contribution in [-0.4, -0.2) is 60.8 Å². The third-order valence-corrected chi connectivity index (χ3v) is 5.95. The van der Waals surface area contributed by atoms with Crippen molar-refractivity contribution in [2.75, 3.05) is 36.2 Å². The number of hydrogen-bond donors (Lipinski definition) is 1. The highest BCUT2D eigenvalue weighted by Crippen LogP contribution is 2.28. The Morgan fingerprint density at radius 1 is 1.23 bits per heavy atom. The van der Waals surface area contributed by atoms with Gasteiger partial charge in [0.15, 0.2) is 9.84 Å². The first-order valence-corrected chi connectivity index (χ1v) is 10.2. The molecule has 1 N–H and O–H groups in total. The smallest absolute Gasteiger partial charge is 0.177 e. The highest BCUT2D eigenvalue weighted by atomic mass is 32.2. The zero-order valence-corrected chi connectivity index (χ0v) is 15.4. The van der Waals surface area contributed by atoms with E-state index in [1.165, 1.54) is 12.5 Å². The van der Waals surface area contributed by atoms with Crippen LogP contribution in [0.25, 0.3) is 11.0 Å². The predicted molar refractivity (Wildman–Crippen MR) is 100 cm³/mol. The summed E-state index contributed by atoms with van der Waals surface area (Å²) < 4.78 is 23.2. The fraction of sp³-hybridized carbons (Fsp3) is 0.353. The lowest BCUT2D eigenvalue weighted by Crippen LogP contribution is -2.35. The van der Waals surface area contributed by atoms with E-state index in [1.54, 1.807) is 18.5 Å². The molecule has 0 bridgehead atoms. The Hall–Kier alpha value is -2.68. The van der Waals surface area contributed by atoms with Crippen LogP contribution in [0.4, 0.5) is 11.6 Å². The molecule has 0 amide bonds. The molecule has 4 heterocycles. The van der Waals surface area contributed by atoms with Gasteiger partial charge in [-0.25, -0.2) is 23.4 Å². The zero-order chi connectivity index (χ0) is 18.3. The summed E-state index contributed by atoms with van der Waals surface area (Å²) in [5, 5.41) is 1.02. The SMILES string of the molecule is CN(c1ccc(S(C)(=O)=O)cn1)[C@@H]1CCN(c2ncnc3[nH]ccc23)C1. The maximum absolute atomic E-state index is 11.6. The maximum Gasteiger partial charge on any atom is 0.177 e. The van der Waals surface area contributed by atoms with Crippen molar-refractivity contribution in [1.29, 1.82) is 0 Å². The van der Waals surface area contributed by atoms with E-state index in [0.29, 0.717) is 0 Å². The molecule has 136 valence electrons. The third kappa shape index (κ3) is 2.98. The van der Waals surface area contributed by atoms with Crippen LogP contribution in [0.5, 0.6) is 0 Å². The summed E-state index contributed by atoms with van der Waals surface area (Å²) in [5.41, 5.74) is 0.838. The van der Waals surface area contributed by atoms with Gasteiger partial charge in [0, 0.05) is 44.8 Å². The van der Waals surface area contributed by atoms with Gasteiger partial charge in [-0.2, -0.15) is 0 Å². The minimum absolute atomic E-state index is 0.235. The van der Waals surface area contributed by atoms with Gasteiger partial charge in [-0.15, -0.1) is 0 Å². The van der Waals surface area contributed by atoms with Gasteiger partial charge in [-0.1, -0.05) is 0 Å². The fourth-order valence-corrected chi connectivity index (χ4v) is 3.91. The Bertz CT molecular complexity index is 1030. The molecule has 1 atom stereocenters. The number of H-pyrrole nitrogens is 1. The average molecular weight is 372 g/mol. The van der Waals surface area contributed by atoms with Crippen LogP contribution < -0.4 is 9.80 Å². The second kappa shape index (κ2) is 6.24. The van der Waals surface area contributed by atoms with Gasteiger partial charge in [-0.3, -0.25) is 0 Å². The Labute approximate surface area is 151 Å². The van der Waals surface area contributed by atoms with Gasteiger partial charge < -0.3 is 14.8 Å². The maximum atomic E-state index is 11.6. The van der Waals surface area contributed by atoms with Crippen LogP contribution in [-0.2, 0) is 9.84 Å². The number of aromatic nitrogens is 4. The Balaban J connectivity index is 1.52. The molecule has 1 aliphatic rings. The van der Waals surface area contributed by atoms with E-state index >= 15 is 0 Å². The molecule has 3 aromatic rings. The molecule has 1 saturated heterocycles. The van der Waals surface area contributed by atoms with Crippen molar-refractivity contribution in [3.8, 4) is 0 Å². The standard InChI is InChI=1S/C17H20N6O2S/c1-22(15-4-3-13(9-19-15)26(2,24)25)12-6-8-23(10-12)17-14-5-7-18-16(14)20-11-21-17/h3-5,7,9,11-12H,6,8,10H2,1-2H3,(H,18,20,21)/t12-/m1/s1. The summed E-state index contributed by atoms with van der Waals surface area (Å²) in [4.78, 5) is 20.7. The molecule has 3 aromatic heterocycles. The van der Waals surface area contributed by atoms with Crippen LogP contribution in [0.3, 0.4) is 0 Å². The quantitative estimate of drug-likeness (QED) is 0.741. The predicted octanol–water partition coefficient (Wildman–Crippen LogP) is 1.47. The minimum Gasteiger partial charge on any atom is -0.355 e. The molecule has 1 fully saturated rings. The Morgan fingerprint density at radius 2 is 2.08 bits per heavy atom. The van der Waals surface area contributed by atoms with Gasteiger partial charge in [0.25, 0.3) is 0 Å². The number of fused-ring (bicyclic) bond motifs is 1. The lowest BCUT2D eigenvalue weighted by Gasteiger charge is -2.26. The molecule has 0 aliphatic carbocycles. The molecule has 0 saturated carbocycles. The molecule has 0 unspecified atom stereocenters. The first-order valence-electron chi connectivity index (χ1n) is 8.35. The second-order valence-electron chi connectivity index (χ2n) is 6.56. The highest BCUT2D eigenvalue weighted by Gasteiger charge is 2.28.